The van der Waals surface area contributed by atoms with E-state index in [1.807, 2.05) is 4.90 Å². The second-order valence-corrected chi connectivity index (χ2v) is 4.16. The van der Waals surface area contributed by atoms with E-state index in [-0.39, 0.29) is 0 Å². The van der Waals surface area contributed by atoms with E-state index in [4.69, 9.17) is 0 Å². The standard InChI is InChI=1S/C10H20N4O/c15-10(14-7-3-12-4-8-14)9-13-5-1-11-2-6-13/h11-12H,1-9H2. The highest BCUT2D eigenvalue weighted by Crippen LogP contribution is 1.98. The van der Waals surface area contributed by atoms with Crippen LogP contribution in [-0.2, 0) is 4.79 Å². The summed E-state index contributed by atoms with van der Waals surface area (Å²) in [7, 11) is 0. The quantitative estimate of drug-likeness (QED) is 0.574. The minimum absolute atomic E-state index is 0.290. The Morgan fingerprint density at radius 1 is 0.933 bits per heavy atom. The monoisotopic (exact) mass is 212 g/mol. The Hall–Kier alpha value is -0.650. The maximum atomic E-state index is 11.9. The van der Waals surface area contributed by atoms with Gasteiger partial charge in [-0.25, -0.2) is 0 Å². The molecule has 2 aliphatic rings. The molecule has 0 aromatic heterocycles. The van der Waals surface area contributed by atoms with Crippen molar-refractivity contribution in [3.63, 3.8) is 0 Å². The van der Waals surface area contributed by atoms with E-state index in [9.17, 15) is 4.79 Å². The largest absolute Gasteiger partial charge is 0.339 e. The van der Waals surface area contributed by atoms with E-state index in [1.54, 1.807) is 0 Å². The smallest absolute Gasteiger partial charge is 0.236 e. The normalized spacial score (nSPS) is 24.1. The molecule has 0 atom stereocenters. The van der Waals surface area contributed by atoms with Gasteiger partial charge in [0, 0.05) is 52.4 Å². The lowest BCUT2D eigenvalue weighted by atomic mass is 10.3. The number of piperazine rings is 2. The van der Waals surface area contributed by atoms with Crippen LogP contribution in [0.1, 0.15) is 0 Å². The van der Waals surface area contributed by atoms with Crippen molar-refractivity contribution in [2.45, 2.75) is 0 Å². The molecule has 0 aliphatic carbocycles. The van der Waals surface area contributed by atoms with E-state index >= 15 is 0 Å². The van der Waals surface area contributed by atoms with E-state index < -0.39 is 0 Å². The first-order chi connectivity index (χ1) is 7.36. The van der Waals surface area contributed by atoms with Gasteiger partial charge >= 0.3 is 0 Å². The van der Waals surface area contributed by atoms with Gasteiger partial charge in [-0.1, -0.05) is 0 Å². The Kier molecular flexibility index (Phi) is 3.94. The Labute approximate surface area is 90.8 Å². The molecule has 1 amide bonds. The summed E-state index contributed by atoms with van der Waals surface area (Å²) >= 11 is 0. The van der Waals surface area contributed by atoms with Gasteiger partial charge in [-0.05, 0) is 0 Å². The van der Waals surface area contributed by atoms with Crippen LogP contribution in [0.4, 0.5) is 0 Å². The maximum absolute atomic E-state index is 11.9. The third-order valence-corrected chi connectivity index (χ3v) is 3.04. The average molecular weight is 212 g/mol. The average Bonchev–Trinajstić information content (AvgIpc) is 2.31. The van der Waals surface area contributed by atoms with Gasteiger partial charge in [-0.3, -0.25) is 9.69 Å². The fraction of sp³-hybridized carbons (Fsp3) is 0.900. The first kappa shape index (κ1) is 10.9. The second kappa shape index (κ2) is 5.44. The molecule has 2 heterocycles. The van der Waals surface area contributed by atoms with Crippen LogP contribution in [0.5, 0.6) is 0 Å². The summed E-state index contributed by atoms with van der Waals surface area (Å²) in [5, 5.41) is 6.55. The summed E-state index contributed by atoms with van der Waals surface area (Å²) in [6, 6.07) is 0. The zero-order valence-corrected chi connectivity index (χ0v) is 9.17. The first-order valence-corrected chi connectivity index (χ1v) is 5.78. The molecule has 0 saturated carbocycles. The molecule has 2 saturated heterocycles. The maximum Gasteiger partial charge on any atom is 0.236 e. The van der Waals surface area contributed by atoms with Crippen molar-refractivity contribution in [2.24, 2.45) is 0 Å². The first-order valence-electron chi connectivity index (χ1n) is 5.78. The predicted octanol–water partition coefficient (Wildman–Crippen LogP) is -1.68. The zero-order chi connectivity index (χ0) is 10.5. The Bertz CT molecular complexity index is 209. The van der Waals surface area contributed by atoms with Crippen molar-refractivity contribution in [1.82, 2.24) is 20.4 Å². The number of hydrogen-bond donors (Lipinski definition) is 2. The van der Waals surface area contributed by atoms with Crippen LogP contribution in [0.15, 0.2) is 0 Å². The molecule has 5 heteroatoms. The molecule has 0 spiro atoms. The molecule has 2 fully saturated rings. The molecule has 86 valence electrons. The minimum atomic E-state index is 0.290. The minimum Gasteiger partial charge on any atom is -0.339 e. The van der Waals surface area contributed by atoms with Crippen LogP contribution in [0.2, 0.25) is 0 Å². The summed E-state index contributed by atoms with van der Waals surface area (Å²) in [6.45, 7) is 8.22. The second-order valence-electron chi connectivity index (χ2n) is 4.16. The van der Waals surface area contributed by atoms with E-state index in [0.717, 1.165) is 52.4 Å². The molecule has 5 nitrogen and oxygen atoms in total. The van der Waals surface area contributed by atoms with Crippen LogP contribution in [-0.4, -0.2) is 74.6 Å². The van der Waals surface area contributed by atoms with Crippen molar-refractivity contribution in [3.8, 4) is 0 Å². The number of amides is 1. The number of hydrogen-bond acceptors (Lipinski definition) is 4. The lowest BCUT2D eigenvalue weighted by Crippen LogP contribution is -2.52. The number of rotatable bonds is 2. The molecule has 2 aliphatic heterocycles. The molecule has 0 aromatic rings. The number of nitrogens with zero attached hydrogens (tertiary/aromatic N) is 2. The fourth-order valence-corrected chi connectivity index (χ4v) is 2.07. The zero-order valence-electron chi connectivity index (χ0n) is 9.17. The van der Waals surface area contributed by atoms with Crippen molar-refractivity contribution in [2.75, 3.05) is 58.9 Å². The van der Waals surface area contributed by atoms with E-state index in [2.05, 4.69) is 15.5 Å². The Morgan fingerprint density at radius 3 is 2.07 bits per heavy atom. The Balaban J connectivity index is 1.74. The summed E-state index contributed by atoms with van der Waals surface area (Å²) < 4.78 is 0. The van der Waals surface area contributed by atoms with Gasteiger partial charge in [-0.15, -0.1) is 0 Å². The van der Waals surface area contributed by atoms with Crippen LogP contribution in [0, 0.1) is 0 Å². The molecule has 2 rings (SSSR count). The van der Waals surface area contributed by atoms with Gasteiger partial charge in [0.25, 0.3) is 0 Å². The molecular formula is C10H20N4O. The predicted molar refractivity (Wildman–Crippen MR) is 58.8 cm³/mol. The summed E-state index contributed by atoms with van der Waals surface area (Å²) in [5.74, 6) is 0.290. The lowest BCUT2D eigenvalue weighted by molar-refractivity contribution is -0.133. The van der Waals surface area contributed by atoms with Crippen molar-refractivity contribution in [3.05, 3.63) is 0 Å². The van der Waals surface area contributed by atoms with Crippen LogP contribution in [0.3, 0.4) is 0 Å². The van der Waals surface area contributed by atoms with Crippen molar-refractivity contribution in [1.29, 1.82) is 0 Å². The Morgan fingerprint density at radius 2 is 1.47 bits per heavy atom. The molecule has 2 N–H and O–H groups in total. The number of nitrogens with one attached hydrogen (secondary N) is 2. The molecule has 0 bridgehead atoms. The lowest BCUT2D eigenvalue weighted by Gasteiger charge is -2.32. The molecule has 0 radical (unpaired) electrons. The summed E-state index contributed by atoms with van der Waals surface area (Å²) in [6.07, 6.45) is 0. The summed E-state index contributed by atoms with van der Waals surface area (Å²) in [4.78, 5) is 16.1. The van der Waals surface area contributed by atoms with E-state index in [1.165, 1.54) is 0 Å². The van der Waals surface area contributed by atoms with Crippen LogP contribution >= 0.6 is 0 Å². The topological polar surface area (TPSA) is 47.6 Å². The molecular weight excluding hydrogens is 192 g/mol. The highest BCUT2D eigenvalue weighted by Gasteiger charge is 2.19. The fourth-order valence-electron chi connectivity index (χ4n) is 2.07. The number of carbonyl (C=O) groups excluding carboxylic acids is 1. The van der Waals surface area contributed by atoms with Gasteiger partial charge in [0.05, 0.1) is 6.54 Å². The van der Waals surface area contributed by atoms with Gasteiger partial charge in [0.1, 0.15) is 0 Å². The van der Waals surface area contributed by atoms with Crippen LogP contribution < -0.4 is 10.6 Å². The number of carbonyl (C=O) groups is 1. The van der Waals surface area contributed by atoms with Crippen LogP contribution in [0.25, 0.3) is 0 Å². The van der Waals surface area contributed by atoms with E-state index in [0.29, 0.717) is 12.5 Å². The third-order valence-electron chi connectivity index (χ3n) is 3.04. The summed E-state index contributed by atoms with van der Waals surface area (Å²) in [5.41, 5.74) is 0. The third kappa shape index (κ3) is 3.15. The van der Waals surface area contributed by atoms with Gasteiger partial charge in [0.2, 0.25) is 5.91 Å². The molecule has 0 unspecified atom stereocenters. The van der Waals surface area contributed by atoms with Crippen molar-refractivity contribution < 1.29 is 4.79 Å². The highest BCUT2D eigenvalue weighted by atomic mass is 16.2. The van der Waals surface area contributed by atoms with Gasteiger partial charge in [0.15, 0.2) is 0 Å². The van der Waals surface area contributed by atoms with Gasteiger partial charge in [-0.2, -0.15) is 0 Å². The van der Waals surface area contributed by atoms with Gasteiger partial charge < -0.3 is 15.5 Å². The van der Waals surface area contributed by atoms with Crippen molar-refractivity contribution >= 4 is 5.91 Å². The molecule has 0 aromatic carbocycles. The SMILES string of the molecule is O=C(CN1CCNCC1)N1CCNCC1. The molecule has 15 heavy (non-hydrogen) atoms. The highest BCUT2D eigenvalue weighted by molar-refractivity contribution is 5.78.